The van der Waals surface area contributed by atoms with E-state index >= 15 is 0 Å². The van der Waals surface area contributed by atoms with Crippen LogP contribution in [-0.4, -0.2) is 6.41 Å². The molecule has 12 heavy (non-hydrogen) atoms. The number of benzene rings is 1. The minimum atomic E-state index is -0.649. The summed E-state index contributed by atoms with van der Waals surface area (Å²) in [5, 5.41) is 2.19. The molecular weight excluding hydrogens is 164 g/mol. The Kier molecular flexibility index (Phi) is 2.74. The van der Waals surface area contributed by atoms with Crippen molar-refractivity contribution in [2.45, 2.75) is 6.54 Å². The largest absolute Gasteiger partial charge is 0.354 e. The van der Waals surface area contributed by atoms with E-state index < -0.39 is 11.6 Å². The van der Waals surface area contributed by atoms with Crippen LogP contribution < -0.4 is 5.32 Å². The molecule has 1 rings (SSSR count). The molecule has 1 aromatic rings. The highest BCUT2D eigenvalue weighted by atomic mass is 19.1. The van der Waals surface area contributed by atoms with E-state index in [0.29, 0.717) is 6.41 Å². The van der Waals surface area contributed by atoms with Crippen LogP contribution in [0.3, 0.4) is 0 Å². The average molecular weight is 171 g/mol. The molecule has 0 unspecified atom stereocenters. The van der Waals surface area contributed by atoms with Crippen molar-refractivity contribution in [2.75, 3.05) is 0 Å². The highest BCUT2D eigenvalue weighted by molar-refractivity contribution is 5.46. The Morgan fingerprint density at radius 2 is 1.92 bits per heavy atom. The van der Waals surface area contributed by atoms with Gasteiger partial charge < -0.3 is 5.32 Å². The minimum absolute atomic E-state index is 0.121. The van der Waals surface area contributed by atoms with Gasteiger partial charge >= 0.3 is 0 Å². The van der Waals surface area contributed by atoms with Crippen LogP contribution in [0.15, 0.2) is 18.2 Å². The Morgan fingerprint density at radius 1 is 1.33 bits per heavy atom. The van der Waals surface area contributed by atoms with Crippen molar-refractivity contribution in [1.29, 1.82) is 0 Å². The van der Waals surface area contributed by atoms with Crippen LogP contribution in [0.25, 0.3) is 0 Å². The molecule has 1 N–H and O–H groups in total. The van der Waals surface area contributed by atoms with Gasteiger partial charge in [0.25, 0.3) is 0 Å². The van der Waals surface area contributed by atoms with Gasteiger partial charge in [-0.1, -0.05) is 6.07 Å². The first-order valence-electron chi connectivity index (χ1n) is 3.35. The maximum Gasteiger partial charge on any atom is 0.207 e. The highest BCUT2D eigenvalue weighted by Gasteiger charge is 2.06. The summed E-state index contributed by atoms with van der Waals surface area (Å²) in [5.74, 6) is -1.30. The third kappa shape index (κ3) is 1.78. The van der Waals surface area contributed by atoms with Crippen molar-refractivity contribution in [3.63, 3.8) is 0 Å². The molecule has 1 amide bonds. The van der Waals surface area contributed by atoms with E-state index in [0.717, 1.165) is 12.1 Å². The summed E-state index contributed by atoms with van der Waals surface area (Å²) >= 11 is 0. The maximum absolute atomic E-state index is 12.8. The van der Waals surface area contributed by atoms with Crippen molar-refractivity contribution in [2.24, 2.45) is 0 Å². The molecule has 0 aliphatic rings. The van der Waals surface area contributed by atoms with Gasteiger partial charge in [0, 0.05) is 12.1 Å². The number of nitrogens with one attached hydrogen (secondary N) is 1. The standard InChI is InChI=1S/C8H7F2NO/c9-7-2-1-3-8(10)6(7)4-11-5-12/h1-3,5H,4H2,(H,11,12). The first-order chi connectivity index (χ1) is 5.75. The molecular formula is C8H7F2NO. The van der Waals surface area contributed by atoms with Gasteiger partial charge in [0.15, 0.2) is 0 Å². The van der Waals surface area contributed by atoms with Gasteiger partial charge in [-0.2, -0.15) is 0 Å². The predicted octanol–water partition coefficient (Wildman–Crippen LogP) is 1.21. The molecule has 0 spiro atoms. The first-order valence-corrected chi connectivity index (χ1v) is 3.35. The summed E-state index contributed by atoms with van der Waals surface area (Å²) in [4.78, 5) is 9.84. The Hall–Kier alpha value is -1.45. The van der Waals surface area contributed by atoms with E-state index in [4.69, 9.17) is 0 Å². The van der Waals surface area contributed by atoms with Crippen molar-refractivity contribution in [3.8, 4) is 0 Å². The Labute approximate surface area is 68.2 Å². The Morgan fingerprint density at radius 3 is 2.42 bits per heavy atom. The molecule has 64 valence electrons. The number of hydrogen-bond donors (Lipinski definition) is 1. The third-order valence-corrected chi connectivity index (χ3v) is 1.42. The van der Waals surface area contributed by atoms with Crippen molar-refractivity contribution < 1.29 is 13.6 Å². The van der Waals surface area contributed by atoms with Crippen LogP contribution in [0.2, 0.25) is 0 Å². The lowest BCUT2D eigenvalue weighted by Crippen LogP contribution is -2.12. The molecule has 0 aliphatic heterocycles. The van der Waals surface area contributed by atoms with Gasteiger partial charge in [-0.25, -0.2) is 8.78 Å². The summed E-state index contributed by atoms with van der Waals surface area (Å²) in [7, 11) is 0. The molecule has 2 nitrogen and oxygen atoms in total. The normalized spacial score (nSPS) is 9.50. The van der Waals surface area contributed by atoms with E-state index in [1.807, 2.05) is 0 Å². The summed E-state index contributed by atoms with van der Waals surface area (Å²) in [6.45, 7) is -0.123. The van der Waals surface area contributed by atoms with Crippen LogP contribution in [0, 0.1) is 11.6 Å². The van der Waals surface area contributed by atoms with Crippen LogP contribution in [0.1, 0.15) is 5.56 Å². The van der Waals surface area contributed by atoms with E-state index in [-0.39, 0.29) is 12.1 Å². The zero-order valence-corrected chi connectivity index (χ0v) is 6.18. The second kappa shape index (κ2) is 3.80. The van der Waals surface area contributed by atoms with Gasteiger partial charge in [0.2, 0.25) is 6.41 Å². The summed E-state index contributed by atoms with van der Waals surface area (Å²) in [5.41, 5.74) is -0.121. The first kappa shape index (κ1) is 8.64. The number of hydrogen-bond acceptors (Lipinski definition) is 1. The quantitative estimate of drug-likeness (QED) is 0.680. The summed E-state index contributed by atoms with van der Waals surface area (Å²) in [6, 6.07) is 3.56. The number of carbonyl (C=O) groups excluding carboxylic acids is 1. The lowest BCUT2D eigenvalue weighted by molar-refractivity contribution is -0.109. The van der Waals surface area contributed by atoms with Crippen LogP contribution in [0.5, 0.6) is 0 Å². The van der Waals surface area contributed by atoms with E-state index in [9.17, 15) is 13.6 Å². The summed E-state index contributed by atoms with van der Waals surface area (Å²) < 4.78 is 25.6. The maximum atomic E-state index is 12.8. The zero-order chi connectivity index (χ0) is 8.97. The lowest BCUT2D eigenvalue weighted by Gasteiger charge is -2.02. The minimum Gasteiger partial charge on any atom is -0.354 e. The van der Waals surface area contributed by atoms with Crippen LogP contribution in [-0.2, 0) is 11.3 Å². The van der Waals surface area contributed by atoms with E-state index in [2.05, 4.69) is 5.32 Å². The molecule has 0 radical (unpaired) electrons. The second-order valence-corrected chi connectivity index (χ2v) is 2.20. The van der Waals surface area contributed by atoms with Crippen molar-refractivity contribution in [3.05, 3.63) is 35.4 Å². The van der Waals surface area contributed by atoms with Gasteiger partial charge in [-0.15, -0.1) is 0 Å². The Balaban J connectivity index is 2.88. The second-order valence-electron chi connectivity index (χ2n) is 2.20. The summed E-state index contributed by atoms with van der Waals surface area (Å²) in [6.07, 6.45) is 0.395. The molecule has 0 heterocycles. The lowest BCUT2D eigenvalue weighted by atomic mass is 10.2. The average Bonchev–Trinajstić information content (AvgIpc) is 2.04. The number of carbonyl (C=O) groups is 1. The molecule has 0 bridgehead atoms. The van der Waals surface area contributed by atoms with Gasteiger partial charge in [-0.3, -0.25) is 4.79 Å². The molecule has 0 aliphatic carbocycles. The van der Waals surface area contributed by atoms with Gasteiger partial charge in [0.05, 0.1) is 0 Å². The zero-order valence-electron chi connectivity index (χ0n) is 6.18. The van der Waals surface area contributed by atoms with E-state index in [1.54, 1.807) is 0 Å². The van der Waals surface area contributed by atoms with E-state index in [1.165, 1.54) is 6.07 Å². The number of rotatable bonds is 3. The number of amides is 1. The fourth-order valence-electron chi connectivity index (χ4n) is 0.845. The third-order valence-electron chi connectivity index (χ3n) is 1.42. The topological polar surface area (TPSA) is 29.1 Å². The fourth-order valence-corrected chi connectivity index (χ4v) is 0.845. The SMILES string of the molecule is O=CNCc1c(F)cccc1F. The van der Waals surface area contributed by atoms with Gasteiger partial charge in [-0.05, 0) is 12.1 Å². The smallest absolute Gasteiger partial charge is 0.207 e. The molecule has 0 atom stereocenters. The molecule has 0 saturated carbocycles. The van der Waals surface area contributed by atoms with Crippen molar-refractivity contribution >= 4 is 6.41 Å². The highest BCUT2D eigenvalue weighted by Crippen LogP contribution is 2.10. The van der Waals surface area contributed by atoms with Crippen LogP contribution >= 0.6 is 0 Å². The Bertz CT molecular complexity index is 268. The van der Waals surface area contributed by atoms with Crippen molar-refractivity contribution in [1.82, 2.24) is 5.32 Å². The molecule has 4 heteroatoms. The monoisotopic (exact) mass is 171 g/mol. The number of halogens is 2. The molecule has 0 fully saturated rings. The fraction of sp³-hybridized carbons (Fsp3) is 0.125. The predicted molar refractivity (Wildman–Crippen MR) is 39.3 cm³/mol. The molecule has 1 aromatic carbocycles. The van der Waals surface area contributed by atoms with Gasteiger partial charge in [0.1, 0.15) is 11.6 Å². The molecule has 0 aromatic heterocycles. The molecule has 0 saturated heterocycles. The van der Waals surface area contributed by atoms with Crippen LogP contribution in [0.4, 0.5) is 8.78 Å².